The molecule has 2 amide bonds. The average Bonchev–Trinajstić information content (AvgIpc) is 2.85. The van der Waals surface area contributed by atoms with E-state index in [1.807, 2.05) is 43.3 Å². The fourth-order valence-electron chi connectivity index (χ4n) is 3.29. The topological polar surface area (TPSA) is 83.4 Å². The minimum Gasteiger partial charge on any atom is -0.484 e. The van der Waals surface area contributed by atoms with E-state index in [0.717, 1.165) is 5.56 Å². The Kier molecular flexibility index (Phi) is 12.6. The van der Waals surface area contributed by atoms with Crippen LogP contribution < -0.4 is 5.32 Å². The molecule has 0 aliphatic heterocycles. The van der Waals surface area contributed by atoms with Crippen LogP contribution in [0.1, 0.15) is 38.7 Å². The highest BCUT2D eigenvalue weighted by atomic mass is 16.5. The number of allylic oxidation sites excluding steroid dienone is 4. The van der Waals surface area contributed by atoms with Crippen LogP contribution in [0.2, 0.25) is 0 Å². The molecule has 7 heteroatoms. The summed E-state index contributed by atoms with van der Waals surface area (Å²) in [4.78, 5) is 35.6. The third kappa shape index (κ3) is 9.02. The zero-order valence-electron chi connectivity index (χ0n) is 20.8. The first-order chi connectivity index (χ1) is 16.3. The van der Waals surface area contributed by atoms with Crippen LogP contribution in [0, 0.1) is 0 Å². The van der Waals surface area contributed by atoms with Crippen molar-refractivity contribution in [3.8, 4) is 0 Å². The lowest BCUT2D eigenvalue weighted by Crippen LogP contribution is -2.43. The second-order valence-electron chi connectivity index (χ2n) is 7.60. The van der Waals surface area contributed by atoms with E-state index >= 15 is 0 Å². The first kappa shape index (κ1) is 28.3. The van der Waals surface area contributed by atoms with E-state index in [1.54, 1.807) is 31.0 Å². The molecule has 0 bridgehead atoms. The SMILES string of the molecule is C=CC=C(N=C(C)OC)C(=O)N(C)C(CCNC(=O)C(=C)N=C/C=C\C)C(C)c1ccccc1. The van der Waals surface area contributed by atoms with Crippen molar-refractivity contribution < 1.29 is 14.3 Å². The van der Waals surface area contributed by atoms with Gasteiger partial charge in [-0.3, -0.25) is 14.6 Å². The molecule has 1 aromatic rings. The average molecular weight is 465 g/mol. The molecular weight excluding hydrogens is 428 g/mol. The number of likely N-dealkylation sites (N-methyl/N-ethyl adjacent to an activating group) is 1. The van der Waals surface area contributed by atoms with Crippen LogP contribution in [0.4, 0.5) is 0 Å². The maximum absolute atomic E-state index is 13.3. The lowest BCUT2D eigenvalue weighted by Gasteiger charge is -2.33. The molecule has 1 N–H and O–H groups in total. The first-order valence-electron chi connectivity index (χ1n) is 11.1. The van der Waals surface area contributed by atoms with Crippen LogP contribution in [0.15, 0.2) is 89.2 Å². The van der Waals surface area contributed by atoms with Crippen molar-refractivity contribution in [2.24, 2.45) is 9.98 Å². The van der Waals surface area contributed by atoms with E-state index in [9.17, 15) is 9.59 Å². The number of hydrogen-bond donors (Lipinski definition) is 1. The molecule has 0 aliphatic rings. The Balaban J connectivity index is 3.10. The molecule has 0 aliphatic carbocycles. The molecular formula is C27H36N4O3. The molecule has 0 saturated heterocycles. The van der Waals surface area contributed by atoms with Crippen molar-refractivity contribution in [3.05, 3.63) is 84.8 Å². The highest BCUT2D eigenvalue weighted by Crippen LogP contribution is 2.26. The summed E-state index contributed by atoms with van der Waals surface area (Å²) in [7, 11) is 3.24. The van der Waals surface area contributed by atoms with Gasteiger partial charge in [-0.05, 0) is 31.1 Å². The molecule has 7 nitrogen and oxygen atoms in total. The predicted octanol–water partition coefficient (Wildman–Crippen LogP) is 4.42. The van der Waals surface area contributed by atoms with Gasteiger partial charge in [0.15, 0.2) is 5.90 Å². The first-order valence-corrected chi connectivity index (χ1v) is 11.1. The van der Waals surface area contributed by atoms with Gasteiger partial charge in [0.2, 0.25) is 0 Å². The summed E-state index contributed by atoms with van der Waals surface area (Å²) in [5, 5.41) is 2.84. The smallest absolute Gasteiger partial charge is 0.272 e. The molecule has 0 spiro atoms. The number of carbonyl (C=O) groups is 2. The molecule has 2 unspecified atom stereocenters. The molecule has 0 saturated carbocycles. The standard InChI is InChI=1S/C27H36N4O3/c1-8-10-18-28-21(4)26(32)29-19-17-25(20(3)23-15-12-11-13-16-23)31(6)27(33)24(14-9-2)30-22(5)34-7/h8-16,18,20,25H,2,4,17,19H2,1,3,5-7H3,(H,29,32)/b10-8-,24-14?,28-18?,30-22?. The van der Waals surface area contributed by atoms with E-state index in [4.69, 9.17) is 4.74 Å². The lowest BCUT2D eigenvalue weighted by atomic mass is 9.90. The number of aliphatic imine (C=N–C) groups is 2. The van der Waals surface area contributed by atoms with Crippen LogP contribution in [0.5, 0.6) is 0 Å². The fourth-order valence-corrected chi connectivity index (χ4v) is 3.29. The van der Waals surface area contributed by atoms with Gasteiger partial charge in [0.05, 0.1) is 7.11 Å². The maximum Gasteiger partial charge on any atom is 0.272 e. The van der Waals surface area contributed by atoms with Gasteiger partial charge in [0, 0.05) is 38.7 Å². The van der Waals surface area contributed by atoms with Crippen molar-refractivity contribution in [1.29, 1.82) is 0 Å². The monoisotopic (exact) mass is 464 g/mol. The Morgan fingerprint density at radius 2 is 1.94 bits per heavy atom. The van der Waals surface area contributed by atoms with E-state index in [-0.39, 0.29) is 35.2 Å². The van der Waals surface area contributed by atoms with Gasteiger partial charge in [0.1, 0.15) is 11.4 Å². The summed E-state index contributed by atoms with van der Waals surface area (Å²) < 4.78 is 5.12. The highest BCUT2D eigenvalue weighted by Gasteiger charge is 2.28. The van der Waals surface area contributed by atoms with Crippen LogP contribution in [-0.2, 0) is 14.3 Å². The summed E-state index contributed by atoms with van der Waals surface area (Å²) in [6.45, 7) is 13.3. The molecule has 2 atom stereocenters. The fraction of sp³-hybridized carbons (Fsp3) is 0.333. The summed E-state index contributed by atoms with van der Waals surface area (Å²) in [6, 6.07) is 9.72. The van der Waals surface area contributed by atoms with E-state index in [2.05, 4.69) is 35.4 Å². The maximum atomic E-state index is 13.3. The highest BCUT2D eigenvalue weighted by molar-refractivity contribution is 5.96. The van der Waals surface area contributed by atoms with Crippen LogP contribution in [0.3, 0.4) is 0 Å². The molecule has 0 heterocycles. The zero-order valence-corrected chi connectivity index (χ0v) is 20.8. The number of nitrogens with zero attached hydrogens (tertiary/aromatic N) is 3. The number of methoxy groups -OCH3 is 1. The van der Waals surface area contributed by atoms with Crippen molar-refractivity contribution in [2.45, 2.75) is 39.2 Å². The van der Waals surface area contributed by atoms with E-state index < -0.39 is 0 Å². The molecule has 1 aromatic carbocycles. The second-order valence-corrected chi connectivity index (χ2v) is 7.60. The number of benzene rings is 1. The third-order valence-electron chi connectivity index (χ3n) is 5.29. The Hall–Kier alpha value is -3.74. The number of ether oxygens (including phenoxy) is 1. The summed E-state index contributed by atoms with van der Waals surface area (Å²) in [5.74, 6) is -0.253. The quantitative estimate of drug-likeness (QED) is 0.215. The van der Waals surface area contributed by atoms with Gasteiger partial charge < -0.3 is 15.0 Å². The van der Waals surface area contributed by atoms with Gasteiger partial charge in [-0.25, -0.2) is 4.99 Å². The summed E-state index contributed by atoms with van der Waals surface area (Å²) in [5.41, 5.74) is 1.43. The molecule has 182 valence electrons. The van der Waals surface area contributed by atoms with Gasteiger partial charge in [-0.1, -0.05) is 62.6 Å². The molecule has 1 rings (SSSR count). The van der Waals surface area contributed by atoms with Gasteiger partial charge >= 0.3 is 0 Å². The second kappa shape index (κ2) is 15.2. The van der Waals surface area contributed by atoms with Crippen LogP contribution in [0.25, 0.3) is 0 Å². The zero-order chi connectivity index (χ0) is 25.5. The predicted molar refractivity (Wildman–Crippen MR) is 140 cm³/mol. The largest absolute Gasteiger partial charge is 0.484 e. The number of nitrogens with one attached hydrogen (secondary N) is 1. The molecule has 0 fully saturated rings. The lowest BCUT2D eigenvalue weighted by molar-refractivity contribution is -0.128. The van der Waals surface area contributed by atoms with E-state index in [1.165, 1.54) is 19.4 Å². The minimum atomic E-state index is -0.353. The van der Waals surface area contributed by atoms with Crippen molar-refractivity contribution in [3.63, 3.8) is 0 Å². The summed E-state index contributed by atoms with van der Waals surface area (Å²) in [6.07, 6.45) is 8.64. The molecule has 34 heavy (non-hydrogen) atoms. The Bertz CT molecular complexity index is 961. The molecule has 0 aromatic heterocycles. The van der Waals surface area contributed by atoms with Gasteiger partial charge in [-0.2, -0.15) is 0 Å². The number of rotatable bonds is 12. The van der Waals surface area contributed by atoms with E-state index in [0.29, 0.717) is 18.9 Å². The van der Waals surface area contributed by atoms with Gasteiger partial charge in [-0.15, -0.1) is 0 Å². The van der Waals surface area contributed by atoms with Crippen LogP contribution >= 0.6 is 0 Å². The number of carbonyl (C=O) groups excluding carboxylic acids is 2. The molecule has 0 radical (unpaired) electrons. The Morgan fingerprint density at radius 3 is 2.53 bits per heavy atom. The normalized spacial score (nSPS) is 14.0. The number of amides is 2. The van der Waals surface area contributed by atoms with Gasteiger partial charge in [0.25, 0.3) is 11.8 Å². The summed E-state index contributed by atoms with van der Waals surface area (Å²) >= 11 is 0. The number of hydrogen-bond acceptors (Lipinski definition) is 5. The third-order valence-corrected chi connectivity index (χ3v) is 5.29. The Morgan fingerprint density at radius 1 is 1.26 bits per heavy atom. The van der Waals surface area contributed by atoms with Crippen molar-refractivity contribution in [2.75, 3.05) is 20.7 Å². The Labute approximate surface area is 203 Å². The van der Waals surface area contributed by atoms with Crippen molar-refractivity contribution >= 4 is 23.9 Å². The van der Waals surface area contributed by atoms with Crippen molar-refractivity contribution in [1.82, 2.24) is 10.2 Å². The minimum absolute atomic E-state index is 0.000415. The van der Waals surface area contributed by atoms with Crippen LogP contribution in [-0.4, -0.2) is 55.6 Å².